The van der Waals surface area contributed by atoms with Gasteiger partial charge in [0.05, 0.1) is 7.11 Å². The average Bonchev–Trinajstić information content (AvgIpc) is 2.59. The Kier molecular flexibility index (Phi) is 2.36. The van der Waals surface area contributed by atoms with E-state index < -0.39 is 5.97 Å². The SMILES string of the molecule is COC(=O)c1ccc2sc(C)cc2c1O. The zero-order chi connectivity index (χ0) is 11.0. The van der Waals surface area contributed by atoms with Crippen molar-refractivity contribution < 1.29 is 14.6 Å². The summed E-state index contributed by atoms with van der Waals surface area (Å²) in [6.07, 6.45) is 0. The number of fused-ring (bicyclic) bond motifs is 1. The van der Waals surface area contributed by atoms with Crippen LogP contribution in [0.5, 0.6) is 5.75 Å². The fourth-order valence-corrected chi connectivity index (χ4v) is 2.42. The van der Waals surface area contributed by atoms with Gasteiger partial charge in [-0.25, -0.2) is 4.79 Å². The number of methoxy groups -OCH3 is 1. The Balaban J connectivity index is 2.69. The maximum Gasteiger partial charge on any atom is 0.341 e. The Morgan fingerprint density at radius 2 is 2.20 bits per heavy atom. The van der Waals surface area contributed by atoms with Crippen LogP contribution in [0, 0.1) is 6.92 Å². The van der Waals surface area contributed by atoms with E-state index in [1.807, 2.05) is 19.1 Å². The van der Waals surface area contributed by atoms with Gasteiger partial charge in [0.15, 0.2) is 0 Å². The van der Waals surface area contributed by atoms with Crippen molar-refractivity contribution in [2.45, 2.75) is 6.92 Å². The third-order valence-corrected chi connectivity index (χ3v) is 3.22. The molecular weight excluding hydrogens is 212 g/mol. The number of aromatic hydroxyl groups is 1. The van der Waals surface area contributed by atoms with Crippen molar-refractivity contribution in [3.63, 3.8) is 0 Å². The summed E-state index contributed by atoms with van der Waals surface area (Å²) in [5.74, 6) is -0.512. The van der Waals surface area contributed by atoms with Crippen LogP contribution in [0.25, 0.3) is 10.1 Å². The van der Waals surface area contributed by atoms with E-state index >= 15 is 0 Å². The third-order valence-electron chi connectivity index (χ3n) is 2.20. The molecule has 1 aromatic heterocycles. The monoisotopic (exact) mass is 222 g/mol. The number of carbonyl (C=O) groups excluding carboxylic acids is 1. The number of aryl methyl sites for hydroxylation is 1. The molecule has 0 saturated heterocycles. The second kappa shape index (κ2) is 3.55. The molecule has 1 heterocycles. The molecule has 0 aliphatic carbocycles. The summed E-state index contributed by atoms with van der Waals surface area (Å²) >= 11 is 1.58. The molecule has 15 heavy (non-hydrogen) atoms. The zero-order valence-electron chi connectivity index (χ0n) is 8.40. The van der Waals surface area contributed by atoms with Crippen molar-refractivity contribution in [3.8, 4) is 5.75 Å². The molecule has 0 fully saturated rings. The van der Waals surface area contributed by atoms with Gasteiger partial charge in [-0.15, -0.1) is 11.3 Å². The minimum Gasteiger partial charge on any atom is -0.506 e. The number of ether oxygens (including phenoxy) is 1. The first-order valence-electron chi connectivity index (χ1n) is 4.44. The molecule has 0 aliphatic rings. The standard InChI is InChI=1S/C11H10O3S/c1-6-5-8-9(15-6)4-3-7(10(8)12)11(13)14-2/h3-5,12H,1-2H3. The van der Waals surface area contributed by atoms with E-state index in [-0.39, 0.29) is 11.3 Å². The molecule has 0 spiro atoms. The fraction of sp³-hybridized carbons (Fsp3) is 0.182. The fourth-order valence-electron chi connectivity index (χ4n) is 1.50. The molecule has 1 aromatic carbocycles. The quantitative estimate of drug-likeness (QED) is 0.754. The van der Waals surface area contributed by atoms with Crippen LogP contribution in [0.3, 0.4) is 0 Å². The largest absolute Gasteiger partial charge is 0.506 e. The van der Waals surface area contributed by atoms with E-state index in [1.165, 1.54) is 7.11 Å². The first kappa shape index (κ1) is 9.98. The highest BCUT2D eigenvalue weighted by atomic mass is 32.1. The van der Waals surface area contributed by atoms with E-state index in [0.29, 0.717) is 5.39 Å². The Morgan fingerprint density at radius 1 is 1.47 bits per heavy atom. The Labute approximate surface area is 90.9 Å². The summed E-state index contributed by atoms with van der Waals surface area (Å²) in [4.78, 5) is 12.4. The highest BCUT2D eigenvalue weighted by Crippen LogP contribution is 2.34. The molecule has 0 bridgehead atoms. The zero-order valence-corrected chi connectivity index (χ0v) is 9.22. The summed E-state index contributed by atoms with van der Waals surface area (Å²) in [7, 11) is 1.30. The molecule has 0 unspecified atom stereocenters. The van der Waals surface area contributed by atoms with Gasteiger partial charge in [-0.1, -0.05) is 0 Å². The van der Waals surface area contributed by atoms with Crippen molar-refractivity contribution >= 4 is 27.4 Å². The molecule has 2 rings (SSSR count). The van der Waals surface area contributed by atoms with Crippen LogP contribution in [0.15, 0.2) is 18.2 Å². The van der Waals surface area contributed by atoms with Gasteiger partial charge in [-0.2, -0.15) is 0 Å². The van der Waals surface area contributed by atoms with Crippen LogP contribution in [0.2, 0.25) is 0 Å². The molecule has 1 N–H and O–H groups in total. The second-order valence-corrected chi connectivity index (χ2v) is 4.51. The topological polar surface area (TPSA) is 46.5 Å². The smallest absolute Gasteiger partial charge is 0.341 e. The van der Waals surface area contributed by atoms with E-state index in [4.69, 9.17) is 0 Å². The number of benzene rings is 1. The van der Waals surface area contributed by atoms with Crippen LogP contribution < -0.4 is 0 Å². The molecular formula is C11H10O3S. The lowest BCUT2D eigenvalue weighted by atomic mass is 10.1. The van der Waals surface area contributed by atoms with Crippen molar-refractivity contribution in [2.24, 2.45) is 0 Å². The van der Waals surface area contributed by atoms with Crippen molar-refractivity contribution in [2.75, 3.05) is 7.11 Å². The van der Waals surface area contributed by atoms with Gasteiger partial charge in [0.2, 0.25) is 0 Å². The van der Waals surface area contributed by atoms with Crippen LogP contribution in [0.1, 0.15) is 15.2 Å². The van der Waals surface area contributed by atoms with Crippen molar-refractivity contribution in [1.29, 1.82) is 0 Å². The lowest BCUT2D eigenvalue weighted by molar-refractivity contribution is 0.0598. The normalized spacial score (nSPS) is 10.5. The van der Waals surface area contributed by atoms with E-state index in [9.17, 15) is 9.90 Å². The second-order valence-electron chi connectivity index (χ2n) is 3.22. The van der Waals surface area contributed by atoms with Crippen molar-refractivity contribution in [3.05, 3.63) is 28.6 Å². The van der Waals surface area contributed by atoms with Gasteiger partial charge in [0.25, 0.3) is 0 Å². The summed E-state index contributed by atoms with van der Waals surface area (Å²) in [6, 6.07) is 5.26. The molecule has 0 aliphatic heterocycles. The Bertz CT molecular complexity index is 528. The number of hydrogen-bond donors (Lipinski definition) is 1. The molecule has 0 amide bonds. The molecule has 3 nitrogen and oxygen atoms in total. The lowest BCUT2D eigenvalue weighted by Crippen LogP contribution is -2.00. The van der Waals surface area contributed by atoms with E-state index in [2.05, 4.69) is 4.74 Å². The number of thiophene rings is 1. The summed E-state index contributed by atoms with van der Waals surface area (Å²) in [5, 5.41) is 10.6. The minimum atomic E-state index is -0.516. The van der Waals surface area contributed by atoms with Gasteiger partial charge in [0, 0.05) is 15.0 Å². The van der Waals surface area contributed by atoms with E-state index in [0.717, 1.165) is 9.58 Å². The number of phenolic OH excluding ortho intramolecular Hbond substituents is 1. The van der Waals surface area contributed by atoms with Gasteiger partial charge in [0.1, 0.15) is 11.3 Å². The predicted octanol–water partition coefficient (Wildman–Crippen LogP) is 2.70. The molecule has 0 atom stereocenters. The molecule has 0 saturated carbocycles. The number of rotatable bonds is 1. The number of carbonyl (C=O) groups is 1. The van der Waals surface area contributed by atoms with Gasteiger partial charge in [-0.05, 0) is 25.1 Å². The first-order valence-corrected chi connectivity index (χ1v) is 5.25. The molecule has 2 aromatic rings. The summed E-state index contributed by atoms with van der Waals surface area (Å²) in [6.45, 7) is 1.96. The average molecular weight is 222 g/mol. The minimum absolute atomic E-state index is 0.00343. The predicted molar refractivity (Wildman–Crippen MR) is 59.6 cm³/mol. The molecule has 78 valence electrons. The Morgan fingerprint density at radius 3 is 2.87 bits per heavy atom. The van der Waals surface area contributed by atoms with Crippen LogP contribution in [-0.2, 0) is 4.74 Å². The van der Waals surface area contributed by atoms with Crippen LogP contribution in [-0.4, -0.2) is 18.2 Å². The highest BCUT2D eigenvalue weighted by molar-refractivity contribution is 7.19. The van der Waals surface area contributed by atoms with Crippen LogP contribution in [0.4, 0.5) is 0 Å². The summed E-state index contributed by atoms with van der Waals surface area (Å²) in [5.41, 5.74) is 0.211. The number of phenols is 1. The highest BCUT2D eigenvalue weighted by Gasteiger charge is 2.14. The lowest BCUT2D eigenvalue weighted by Gasteiger charge is -2.02. The molecule has 0 radical (unpaired) electrons. The van der Waals surface area contributed by atoms with Gasteiger partial charge < -0.3 is 9.84 Å². The van der Waals surface area contributed by atoms with Crippen LogP contribution >= 0.6 is 11.3 Å². The van der Waals surface area contributed by atoms with Gasteiger partial charge in [-0.3, -0.25) is 0 Å². The van der Waals surface area contributed by atoms with E-state index in [1.54, 1.807) is 17.4 Å². The Hall–Kier alpha value is -1.55. The first-order chi connectivity index (χ1) is 7.13. The van der Waals surface area contributed by atoms with Crippen molar-refractivity contribution in [1.82, 2.24) is 0 Å². The maximum absolute atomic E-state index is 11.3. The number of hydrogen-bond acceptors (Lipinski definition) is 4. The maximum atomic E-state index is 11.3. The molecule has 4 heteroatoms. The third kappa shape index (κ3) is 1.57. The number of esters is 1. The van der Waals surface area contributed by atoms with Gasteiger partial charge >= 0.3 is 5.97 Å². The summed E-state index contributed by atoms with van der Waals surface area (Å²) < 4.78 is 5.55.